The molecule has 1 atom stereocenters. The molecule has 5 heteroatoms. The first-order chi connectivity index (χ1) is 8.22. The molecule has 3 N–H and O–H groups in total. The molecular formula is C12H14FN3O. The van der Waals surface area contributed by atoms with Crippen molar-refractivity contribution < 1.29 is 9.13 Å². The quantitative estimate of drug-likeness (QED) is 0.851. The van der Waals surface area contributed by atoms with Gasteiger partial charge < -0.3 is 15.5 Å². The number of nitrogens with zero attached hydrogens (tertiary/aromatic N) is 1. The lowest BCUT2D eigenvalue weighted by atomic mass is 10.1. The molecule has 0 fully saturated rings. The van der Waals surface area contributed by atoms with Crippen molar-refractivity contribution in [2.45, 2.75) is 13.0 Å². The van der Waals surface area contributed by atoms with E-state index in [1.807, 2.05) is 6.92 Å². The fourth-order valence-electron chi connectivity index (χ4n) is 1.59. The van der Waals surface area contributed by atoms with Gasteiger partial charge in [-0.25, -0.2) is 9.37 Å². The second-order valence-electron chi connectivity index (χ2n) is 3.57. The summed E-state index contributed by atoms with van der Waals surface area (Å²) in [5.74, 6) is 0.433. The Morgan fingerprint density at radius 3 is 2.94 bits per heavy atom. The molecule has 1 aromatic heterocycles. The number of nitrogens with two attached hydrogens (primary N) is 1. The molecule has 1 aromatic carbocycles. The minimum Gasteiger partial charge on any atom is -0.491 e. The van der Waals surface area contributed by atoms with E-state index in [4.69, 9.17) is 10.5 Å². The van der Waals surface area contributed by atoms with E-state index in [1.54, 1.807) is 24.5 Å². The summed E-state index contributed by atoms with van der Waals surface area (Å²) in [7, 11) is 0. The van der Waals surface area contributed by atoms with Crippen LogP contribution in [0.15, 0.2) is 30.6 Å². The first-order valence-electron chi connectivity index (χ1n) is 5.39. The van der Waals surface area contributed by atoms with Crippen LogP contribution in [0.5, 0.6) is 5.75 Å². The van der Waals surface area contributed by atoms with Crippen molar-refractivity contribution in [1.29, 1.82) is 0 Å². The van der Waals surface area contributed by atoms with Gasteiger partial charge in [-0.1, -0.05) is 6.07 Å². The van der Waals surface area contributed by atoms with Crippen LogP contribution in [-0.4, -0.2) is 16.6 Å². The van der Waals surface area contributed by atoms with Crippen LogP contribution in [-0.2, 0) is 0 Å². The Kier molecular flexibility index (Phi) is 3.39. The zero-order valence-electron chi connectivity index (χ0n) is 9.48. The summed E-state index contributed by atoms with van der Waals surface area (Å²) in [6.07, 6.45) is 3.29. The molecule has 0 saturated heterocycles. The molecule has 4 nitrogen and oxygen atoms in total. The third-order valence-electron chi connectivity index (χ3n) is 2.43. The van der Waals surface area contributed by atoms with Gasteiger partial charge in [-0.15, -0.1) is 0 Å². The number of imidazole rings is 1. The second-order valence-corrected chi connectivity index (χ2v) is 3.57. The van der Waals surface area contributed by atoms with Gasteiger partial charge in [0.25, 0.3) is 0 Å². The number of hydrogen-bond acceptors (Lipinski definition) is 3. The van der Waals surface area contributed by atoms with Crippen LogP contribution in [0.2, 0.25) is 0 Å². The smallest absolute Gasteiger partial charge is 0.165 e. The summed E-state index contributed by atoms with van der Waals surface area (Å²) in [6.45, 7) is 2.24. The number of aromatic amines is 1. The predicted octanol–water partition coefficient (Wildman–Crippen LogP) is 2.00. The number of ether oxygens (including phenoxy) is 1. The van der Waals surface area contributed by atoms with Crippen molar-refractivity contribution >= 4 is 0 Å². The molecule has 2 aromatic rings. The highest BCUT2D eigenvalue weighted by Gasteiger charge is 2.13. The molecule has 0 aliphatic heterocycles. The molecule has 1 heterocycles. The van der Waals surface area contributed by atoms with E-state index in [1.165, 1.54) is 6.07 Å². The Balaban J connectivity index is 2.25. The van der Waals surface area contributed by atoms with Crippen LogP contribution in [0, 0.1) is 5.82 Å². The average molecular weight is 235 g/mol. The number of aromatic nitrogens is 2. The maximum absolute atomic E-state index is 13.6. The van der Waals surface area contributed by atoms with Crippen molar-refractivity contribution in [3.05, 3.63) is 47.8 Å². The SMILES string of the molecule is CCOc1ccc(C(N)c2ncc[nH]2)cc1F. The summed E-state index contributed by atoms with van der Waals surface area (Å²) in [5.41, 5.74) is 6.61. The fourth-order valence-corrected chi connectivity index (χ4v) is 1.59. The van der Waals surface area contributed by atoms with Gasteiger partial charge in [0.05, 0.1) is 12.6 Å². The van der Waals surface area contributed by atoms with Crippen molar-refractivity contribution in [2.24, 2.45) is 5.73 Å². The molecule has 0 saturated carbocycles. The zero-order valence-corrected chi connectivity index (χ0v) is 9.48. The molecule has 0 bridgehead atoms. The minimum absolute atomic E-state index is 0.239. The van der Waals surface area contributed by atoms with E-state index in [-0.39, 0.29) is 5.75 Å². The summed E-state index contributed by atoms with van der Waals surface area (Å²) < 4.78 is 18.8. The van der Waals surface area contributed by atoms with Crippen LogP contribution in [0.25, 0.3) is 0 Å². The second kappa shape index (κ2) is 4.97. The summed E-state index contributed by atoms with van der Waals surface area (Å²) in [4.78, 5) is 6.95. The lowest BCUT2D eigenvalue weighted by molar-refractivity contribution is 0.321. The lowest BCUT2D eigenvalue weighted by Gasteiger charge is -2.11. The highest BCUT2D eigenvalue weighted by molar-refractivity contribution is 5.33. The first-order valence-corrected chi connectivity index (χ1v) is 5.39. The van der Waals surface area contributed by atoms with E-state index in [0.717, 1.165) is 0 Å². The van der Waals surface area contributed by atoms with Crippen LogP contribution in [0.3, 0.4) is 0 Å². The number of H-pyrrole nitrogens is 1. The van der Waals surface area contributed by atoms with Gasteiger partial charge in [0.1, 0.15) is 5.82 Å². The molecule has 0 aliphatic rings. The Labute approximate surface area is 98.6 Å². The Morgan fingerprint density at radius 1 is 1.53 bits per heavy atom. The van der Waals surface area contributed by atoms with Gasteiger partial charge in [0, 0.05) is 12.4 Å². The standard InChI is InChI=1S/C12H14FN3O/c1-2-17-10-4-3-8(7-9(10)13)11(14)12-15-5-6-16-12/h3-7,11H,2,14H2,1H3,(H,15,16). The van der Waals surface area contributed by atoms with Gasteiger partial charge in [-0.3, -0.25) is 0 Å². The Hall–Kier alpha value is -1.88. The minimum atomic E-state index is -0.463. The third kappa shape index (κ3) is 2.45. The highest BCUT2D eigenvalue weighted by atomic mass is 19.1. The topological polar surface area (TPSA) is 63.9 Å². The number of hydrogen-bond donors (Lipinski definition) is 2. The predicted molar refractivity (Wildman–Crippen MR) is 62.2 cm³/mol. The highest BCUT2D eigenvalue weighted by Crippen LogP contribution is 2.23. The molecule has 0 amide bonds. The monoisotopic (exact) mass is 235 g/mol. The van der Waals surface area contributed by atoms with Crippen molar-refractivity contribution in [3.63, 3.8) is 0 Å². The fraction of sp³-hybridized carbons (Fsp3) is 0.250. The van der Waals surface area contributed by atoms with Crippen LogP contribution in [0.4, 0.5) is 4.39 Å². The summed E-state index contributed by atoms with van der Waals surface area (Å²) in [6, 6.07) is 4.23. The molecule has 2 rings (SSSR count). The van der Waals surface area contributed by atoms with Gasteiger partial charge in [-0.05, 0) is 24.6 Å². The van der Waals surface area contributed by atoms with Gasteiger partial charge in [0.15, 0.2) is 11.6 Å². The largest absolute Gasteiger partial charge is 0.491 e. The van der Waals surface area contributed by atoms with E-state index >= 15 is 0 Å². The maximum atomic E-state index is 13.6. The third-order valence-corrected chi connectivity index (χ3v) is 2.43. The summed E-state index contributed by atoms with van der Waals surface area (Å²) >= 11 is 0. The molecular weight excluding hydrogens is 221 g/mol. The summed E-state index contributed by atoms with van der Waals surface area (Å²) in [5, 5.41) is 0. The van der Waals surface area contributed by atoms with Crippen LogP contribution < -0.4 is 10.5 Å². The molecule has 0 radical (unpaired) electrons. The Bertz CT molecular complexity index is 485. The van der Waals surface area contributed by atoms with E-state index in [0.29, 0.717) is 18.0 Å². The van der Waals surface area contributed by atoms with E-state index < -0.39 is 11.9 Å². The number of halogens is 1. The van der Waals surface area contributed by atoms with Crippen molar-refractivity contribution in [3.8, 4) is 5.75 Å². The number of rotatable bonds is 4. The van der Waals surface area contributed by atoms with Gasteiger partial charge in [0.2, 0.25) is 0 Å². The Morgan fingerprint density at radius 2 is 2.35 bits per heavy atom. The first kappa shape index (κ1) is 11.6. The molecule has 17 heavy (non-hydrogen) atoms. The van der Waals surface area contributed by atoms with E-state index in [9.17, 15) is 4.39 Å². The van der Waals surface area contributed by atoms with Gasteiger partial charge in [-0.2, -0.15) is 0 Å². The van der Waals surface area contributed by atoms with Crippen LogP contribution in [0.1, 0.15) is 24.4 Å². The van der Waals surface area contributed by atoms with Gasteiger partial charge >= 0.3 is 0 Å². The molecule has 1 unspecified atom stereocenters. The molecule has 0 aliphatic carbocycles. The molecule has 0 spiro atoms. The zero-order chi connectivity index (χ0) is 12.3. The lowest BCUT2D eigenvalue weighted by Crippen LogP contribution is -2.13. The molecule has 90 valence electrons. The van der Waals surface area contributed by atoms with Crippen molar-refractivity contribution in [1.82, 2.24) is 9.97 Å². The average Bonchev–Trinajstić information content (AvgIpc) is 2.84. The normalized spacial score (nSPS) is 12.4. The van der Waals surface area contributed by atoms with Crippen LogP contribution >= 0.6 is 0 Å². The maximum Gasteiger partial charge on any atom is 0.165 e. The van der Waals surface area contributed by atoms with Crippen molar-refractivity contribution in [2.75, 3.05) is 6.61 Å². The number of benzene rings is 1. The van der Waals surface area contributed by atoms with E-state index in [2.05, 4.69) is 9.97 Å². The number of nitrogens with one attached hydrogen (secondary N) is 1.